The molecule has 0 radical (unpaired) electrons. The fraction of sp³-hybridized carbons (Fsp3) is 0.917. The number of rotatable bonds is 4. The Labute approximate surface area is 278 Å². The summed E-state index contributed by atoms with van der Waals surface area (Å²) in [5.74, 6) is -1.08. The minimum atomic E-state index is -1.72. The molecule has 4 saturated carbocycles. The molecule has 0 unspecified atom stereocenters. The molecule has 0 spiro atoms. The highest BCUT2D eigenvalue weighted by Gasteiger charge is 2.72. The fourth-order valence-corrected chi connectivity index (χ4v) is 12.1. The van der Waals surface area contributed by atoms with Gasteiger partial charge in [-0.25, -0.2) is 0 Å². The first-order valence-corrected chi connectivity index (χ1v) is 17.7. The molecule has 0 amide bonds. The Morgan fingerprint density at radius 1 is 0.851 bits per heavy atom. The third-order valence-corrected chi connectivity index (χ3v) is 15.4. The van der Waals surface area contributed by atoms with Crippen LogP contribution in [0.4, 0.5) is 0 Å². The number of hydrogen-bond donors (Lipinski definition) is 8. The van der Waals surface area contributed by atoms with Crippen molar-refractivity contribution < 1.29 is 55.1 Å². The van der Waals surface area contributed by atoms with Crippen molar-refractivity contribution in [2.24, 2.45) is 50.2 Å². The zero-order valence-corrected chi connectivity index (χ0v) is 28.8. The van der Waals surface area contributed by atoms with Gasteiger partial charge in [0, 0.05) is 11.3 Å². The molecule has 11 nitrogen and oxygen atoms in total. The number of carbonyl (C=O) groups is 1. The van der Waals surface area contributed by atoms with Crippen LogP contribution in [-0.2, 0) is 14.3 Å². The molecule has 0 aromatic heterocycles. The Morgan fingerprint density at radius 2 is 1.51 bits per heavy atom. The van der Waals surface area contributed by atoms with E-state index in [2.05, 4.69) is 26.8 Å². The summed E-state index contributed by atoms with van der Waals surface area (Å²) >= 11 is 0. The van der Waals surface area contributed by atoms with Crippen LogP contribution in [-0.4, -0.2) is 109 Å². The van der Waals surface area contributed by atoms with Crippen LogP contribution in [0.15, 0.2) is 11.6 Å². The number of hydrogen-bond acceptors (Lipinski definition) is 11. The molecule has 47 heavy (non-hydrogen) atoms. The van der Waals surface area contributed by atoms with Crippen molar-refractivity contribution in [3.8, 4) is 0 Å². The second-order valence-corrected chi connectivity index (χ2v) is 17.8. The van der Waals surface area contributed by atoms with Crippen LogP contribution in [0.5, 0.6) is 0 Å². The minimum absolute atomic E-state index is 0.00502. The standard InChI is InChI=1S/C36H58O11/c1-31(2)11-13-36(30(45)47-29-26(42)25(41)24(40)20(16-37)46-29)14-12-34(5)18(23(36)28(31)44)7-8-22-32(3)15-19(39)27(43)33(4,17-38)21(32)9-10-35(22,34)6/h7,19-29,37-44H,8-17H2,1-6H3/t19-,20-,21-,22-,23-,24-,25+,26-,27+,28+,29+,32+,33+,34+,35+,36-/m1/s1. The molecule has 6 rings (SSSR count). The van der Waals surface area contributed by atoms with Crippen LogP contribution in [0.3, 0.4) is 0 Å². The summed E-state index contributed by atoms with van der Waals surface area (Å²) in [7, 11) is 0. The van der Waals surface area contributed by atoms with E-state index in [0.717, 1.165) is 18.4 Å². The summed E-state index contributed by atoms with van der Waals surface area (Å²) in [6, 6.07) is 0. The molecule has 5 fully saturated rings. The van der Waals surface area contributed by atoms with E-state index >= 15 is 0 Å². The van der Waals surface area contributed by atoms with Crippen LogP contribution in [0.2, 0.25) is 0 Å². The molecule has 16 atom stereocenters. The Morgan fingerprint density at radius 3 is 2.15 bits per heavy atom. The van der Waals surface area contributed by atoms with Gasteiger partial charge in [-0.05, 0) is 84.9 Å². The normalized spacial score (nSPS) is 55.4. The number of carbonyl (C=O) groups excluding carboxylic acids is 1. The number of ether oxygens (including phenoxy) is 2. The first-order chi connectivity index (χ1) is 21.8. The van der Waals surface area contributed by atoms with E-state index in [1.807, 2.05) is 20.8 Å². The first-order valence-electron chi connectivity index (χ1n) is 17.7. The molecule has 0 aromatic carbocycles. The molecule has 1 heterocycles. The lowest BCUT2D eigenvalue weighted by atomic mass is 9.33. The minimum Gasteiger partial charge on any atom is -0.432 e. The number of aliphatic hydroxyl groups is 8. The smallest absolute Gasteiger partial charge is 0.315 e. The van der Waals surface area contributed by atoms with Gasteiger partial charge in [0.05, 0.1) is 36.9 Å². The SMILES string of the molecule is CC1(C)CC[C@@]2(C(=O)O[C@@H]3O[C@H](CO)[C@@H](O)[C@H](O)[C@H]3O)CC[C@@]3(C)C(=CC[C@@H]4[C@@]5(C)C[C@@H](O)[C@H](O)[C@@](C)(CO)[C@@H]5CC[C@@]43C)[C@@H]2[C@@H]1O. The summed E-state index contributed by atoms with van der Waals surface area (Å²) in [6.07, 6.45) is -3.62. The van der Waals surface area contributed by atoms with Gasteiger partial charge in [-0.2, -0.15) is 0 Å². The number of fused-ring (bicyclic) bond motifs is 7. The second kappa shape index (κ2) is 11.4. The zero-order chi connectivity index (χ0) is 34.7. The van der Waals surface area contributed by atoms with E-state index in [0.29, 0.717) is 38.5 Å². The molecule has 8 N–H and O–H groups in total. The maximum atomic E-state index is 14.4. The molecular formula is C36H58O11. The van der Waals surface area contributed by atoms with Crippen LogP contribution in [0.1, 0.15) is 92.9 Å². The summed E-state index contributed by atoms with van der Waals surface area (Å²) in [5.41, 5.74) is -2.46. The van der Waals surface area contributed by atoms with E-state index < -0.39 is 89.2 Å². The van der Waals surface area contributed by atoms with Gasteiger partial charge in [0.1, 0.15) is 24.4 Å². The van der Waals surface area contributed by atoms with Gasteiger partial charge in [0.15, 0.2) is 0 Å². The average molecular weight is 667 g/mol. The summed E-state index contributed by atoms with van der Waals surface area (Å²) < 4.78 is 11.4. The van der Waals surface area contributed by atoms with Gasteiger partial charge < -0.3 is 50.3 Å². The Balaban J connectivity index is 1.39. The van der Waals surface area contributed by atoms with Crippen molar-refractivity contribution in [3.63, 3.8) is 0 Å². The average Bonchev–Trinajstić information content (AvgIpc) is 3.02. The molecule has 0 aromatic rings. The van der Waals surface area contributed by atoms with Crippen molar-refractivity contribution in [2.45, 2.75) is 142 Å². The Kier molecular flexibility index (Phi) is 8.68. The van der Waals surface area contributed by atoms with Crippen molar-refractivity contribution in [1.29, 1.82) is 0 Å². The predicted octanol–water partition coefficient (Wildman–Crippen LogP) is 1.41. The zero-order valence-electron chi connectivity index (χ0n) is 28.8. The van der Waals surface area contributed by atoms with Crippen LogP contribution >= 0.6 is 0 Å². The Hall–Kier alpha value is -1.15. The quantitative estimate of drug-likeness (QED) is 0.160. The highest BCUT2D eigenvalue weighted by atomic mass is 16.7. The van der Waals surface area contributed by atoms with Crippen molar-refractivity contribution in [2.75, 3.05) is 13.2 Å². The lowest BCUT2D eigenvalue weighted by Gasteiger charge is -2.71. The number of allylic oxidation sites excluding steroid dienone is 1. The summed E-state index contributed by atoms with van der Waals surface area (Å²) in [4.78, 5) is 14.4. The molecule has 0 bridgehead atoms. The summed E-state index contributed by atoms with van der Waals surface area (Å²) in [6.45, 7) is 11.9. The van der Waals surface area contributed by atoms with Crippen molar-refractivity contribution in [1.82, 2.24) is 0 Å². The Bertz CT molecular complexity index is 1270. The lowest BCUT2D eigenvalue weighted by molar-refractivity contribution is -0.298. The van der Waals surface area contributed by atoms with Gasteiger partial charge in [0.25, 0.3) is 0 Å². The highest BCUT2D eigenvalue weighted by Crippen LogP contribution is 2.75. The fourth-order valence-electron chi connectivity index (χ4n) is 12.1. The predicted molar refractivity (Wildman–Crippen MR) is 169 cm³/mol. The molecular weight excluding hydrogens is 608 g/mol. The largest absolute Gasteiger partial charge is 0.432 e. The highest BCUT2D eigenvalue weighted by molar-refractivity contribution is 5.79. The van der Waals surface area contributed by atoms with Crippen molar-refractivity contribution >= 4 is 5.97 Å². The van der Waals surface area contributed by atoms with E-state index in [1.54, 1.807) is 0 Å². The molecule has 1 aliphatic heterocycles. The monoisotopic (exact) mass is 666 g/mol. The van der Waals surface area contributed by atoms with E-state index in [9.17, 15) is 45.6 Å². The topological polar surface area (TPSA) is 197 Å². The number of aliphatic hydroxyl groups excluding tert-OH is 8. The van der Waals surface area contributed by atoms with Gasteiger partial charge in [-0.1, -0.05) is 53.2 Å². The van der Waals surface area contributed by atoms with Crippen molar-refractivity contribution in [3.05, 3.63) is 11.6 Å². The maximum absolute atomic E-state index is 14.4. The molecule has 268 valence electrons. The van der Waals surface area contributed by atoms with E-state index in [-0.39, 0.29) is 29.3 Å². The van der Waals surface area contributed by atoms with Crippen LogP contribution < -0.4 is 0 Å². The van der Waals surface area contributed by atoms with E-state index in [4.69, 9.17) is 9.47 Å². The first kappa shape index (κ1) is 35.7. The third kappa shape index (κ3) is 4.67. The van der Waals surface area contributed by atoms with Gasteiger partial charge in [-0.15, -0.1) is 0 Å². The van der Waals surface area contributed by atoms with Crippen LogP contribution in [0.25, 0.3) is 0 Å². The van der Waals surface area contributed by atoms with E-state index in [1.165, 1.54) is 0 Å². The second-order valence-electron chi connectivity index (χ2n) is 17.8. The summed E-state index contributed by atoms with van der Waals surface area (Å²) in [5, 5.41) is 85.9. The van der Waals surface area contributed by atoms with Crippen LogP contribution in [0, 0.1) is 50.2 Å². The van der Waals surface area contributed by atoms with Gasteiger partial charge in [-0.3, -0.25) is 4.79 Å². The molecule has 6 aliphatic rings. The molecule has 11 heteroatoms. The lowest BCUT2D eigenvalue weighted by Crippen LogP contribution is -2.69. The number of esters is 1. The van der Waals surface area contributed by atoms with Gasteiger partial charge in [0.2, 0.25) is 6.29 Å². The third-order valence-electron chi connectivity index (χ3n) is 15.4. The van der Waals surface area contributed by atoms with Gasteiger partial charge >= 0.3 is 5.97 Å². The maximum Gasteiger partial charge on any atom is 0.315 e. The molecule has 5 aliphatic carbocycles. The molecule has 1 saturated heterocycles.